The molecule has 4 aromatic rings. The zero-order chi connectivity index (χ0) is 44.7. The van der Waals surface area contributed by atoms with Crippen LogP contribution in [-0.2, 0) is 14.4 Å². The molecule has 3 aromatic heterocycles. The van der Waals surface area contributed by atoms with Crippen LogP contribution in [0, 0.1) is 0 Å². The van der Waals surface area contributed by atoms with Crippen LogP contribution in [0.1, 0.15) is 134 Å². The molecule has 8 rings (SSSR count). The molecule has 6 heterocycles. The van der Waals surface area contributed by atoms with Crippen LogP contribution in [0.3, 0.4) is 0 Å². The molecule has 1 aromatic carbocycles. The number of carbonyl (C=O) groups excluding carboxylic acids is 6. The molecule has 16 nitrogen and oxygen atoms in total. The Morgan fingerprint density at radius 2 is 1.58 bits per heavy atom. The van der Waals surface area contributed by atoms with Crippen molar-refractivity contribution in [2.45, 2.75) is 113 Å². The standard InChI is InChI=1S/C47H58N10O6S/c1-53(2)45(62)36-28-31-29-49-47(52-42(31)56(36)32-14-10-11-15-32)50-38-21-19-33(30-48-38)54-23-25-55(26-24-54)40(59)18-9-7-5-3-4-6-8-12-27-64-37-17-13-16-34-41(37)46(63)57(44(34)61)35-20-22-39(58)51-43(35)60/h13,16-17,19,21,28-30,32,35H,3-12,14-15,18,20,22-27H2,1-2H3,(H,51,58,60)(H,48,49,50,52). The highest BCUT2D eigenvalue weighted by molar-refractivity contribution is 7.99. The van der Waals surface area contributed by atoms with E-state index in [4.69, 9.17) is 4.98 Å². The van der Waals surface area contributed by atoms with Gasteiger partial charge >= 0.3 is 0 Å². The van der Waals surface area contributed by atoms with E-state index >= 15 is 0 Å². The Morgan fingerprint density at radius 1 is 0.844 bits per heavy atom. The summed E-state index contributed by atoms with van der Waals surface area (Å²) in [5, 5.41) is 6.34. The van der Waals surface area contributed by atoms with Crippen molar-refractivity contribution < 1.29 is 28.8 Å². The molecule has 1 aliphatic carbocycles. The van der Waals surface area contributed by atoms with Gasteiger partial charge in [0.2, 0.25) is 23.7 Å². The second kappa shape index (κ2) is 20.3. The van der Waals surface area contributed by atoms with Crippen LogP contribution >= 0.6 is 11.8 Å². The number of benzene rings is 1. The van der Waals surface area contributed by atoms with Gasteiger partial charge in [-0.25, -0.2) is 9.97 Å². The Hall–Kier alpha value is -5.84. The number of pyridine rings is 1. The molecule has 1 saturated carbocycles. The Bertz CT molecular complexity index is 2390. The van der Waals surface area contributed by atoms with Crippen LogP contribution in [0.5, 0.6) is 0 Å². The monoisotopic (exact) mass is 890 g/mol. The molecule has 17 heteroatoms. The number of piperidine rings is 1. The van der Waals surface area contributed by atoms with E-state index in [1.807, 2.05) is 35.4 Å². The van der Waals surface area contributed by atoms with Crippen LogP contribution in [0.4, 0.5) is 17.5 Å². The molecular weight excluding hydrogens is 833 g/mol. The van der Waals surface area contributed by atoms with Crippen LogP contribution in [0.25, 0.3) is 11.0 Å². The second-order valence-corrected chi connectivity index (χ2v) is 18.6. The lowest BCUT2D eigenvalue weighted by Crippen LogP contribution is -2.54. The third-order valence-electron chi connectivity index (χ3n) is 12.8. The fourth-order valence-electron chi connectivity index (χ4n) is 9.35. The number of imide groups is 2. The van der Waals surface area contributed by atoms with Crippen molar-refractivity contribution in [3.8, 4) is 0 Å². The highest BCUT2D eigenvalue weighted by Crippen LogP contribution is 2.36. The Morgan fingerprint density at radius 3 is 2.28 bits per heavy atom. The van der Waals surface area contributed by atoms with E-state index in [0.717, 1.165) is 122 Å². The van der Waals surface area contributed by atoms with E-state index < -0.39 is 23.8 Å². The number of rotatable bonds is 18. The van der Waals surface area contributed by atoms with Crippen molar-refractivity contribution in [2.75, 3.05) is 56.2 Å². The van der Waals surface area contributed by atoms with Gasteiger partial charge in [0.1, 0.15) is 23.2 Å². The maximum atomic E-state index is 13.3. The summed E-state index contributed by atoms with van der Waals surface area (Å²) >= 11 is 1.56. The first-order chi connectivity index (χ1) is 31.1. The summed E-state index contributed by atoms with van der Waals surface area (Å²) < 4.78 is 2.10. The smallest absolute Gasteiger partial charge is 0.270 e. The predicted molar refractivity (Wildman–Crippen MR) is 245 cm³/mol. The van der Waals surface area contributed by atoms with Crippen LogP contribution in [0.2, 0.25) is 0 Å². The summed E-state index contributed by atoms with van der Waals surface area (Å²) in [7, 11) is 3.54. The molecule has 0 spiro atoms. The lowest BCUT2D eigenvalue weighted by atomic mass is 10.0. The fourth-order valence-corrected chi connectivity index (χ4v) is 10.4. The number of nitrogens with zero attached hydrogens (tertiary/aromatic N) is 8. The molecule has 6 amide bonds. The average molecular weight is 891 g/mol. The van der Waals surface area contributed by atoms with E-state index in [9.17, 15) is 28.8 Å². The minimum atomic E-state index is -0.964. The molecule has 1 atom stereocenters. The molecule has 64 heavy (non-hydrogen) atoms. The number of nitrogens with one attached hydrogen (secondary N) is 2. The van der Waals surface area contributed by atoms with Crippen molar-refractivity contribution in [3.63, 3.8) is 0 Å². The number of aromatic nitrogens is 4. The summed E-state index contributed by atoms with van der Waals surface area (Å²) in [5.41, 5.74) is 3.08. The molecule has 338 valence electrons. The first-order valence-electron chi connectivity index (χ1n) is 22.9. The van der Waals surface area contributed by atoms with Crippen LogP contribution in [0.15, 0.2) is 53.7 Å². The van der Waals surface area contributed by atoms with Gasteiger partial charge in [-0.05, 0) is 68.2 Å². The molecule has 2 N–H and O–H groups in total. The highest BCUT2D eigenvalue weighted by Gasteiger charge is 2.45. The van der Waals surface area contributed by atoms with E-state index in [2.05, 4.69) is 30.1 Å². The minimum absolute atomic E-state index is 0.0387. The van der Waals surface area contributed by atoms with Crippen molar-refractivity contribution in [1.82, 2.24) is 39.5 Å². The fraction of sp³-hybridized carbons (Fsp3) is 0.511. The number of amides is 6. The van der Waals surface area contributed by atoms with Crippen LogP contribution < -0.4 is 15.5 Å². The molecule has 1 unspecified atom stereocenters. The summed E-state index contributed by atoms with van der Waals surface area (Å²) in [6, 6.07) is 10.4. The lowest BCUT2D eigenvalue weighted by molar-refractivity contribution is -0.136. The van der Waals surface area contributed by atoms with Gasteiger partial charge in [-0.15, -0.1) is 11.8 Å². The molecule has 3 fully saturated rings. The van der Waals surface area contributed by atoms with Gasteiger partial charge < -0.3 is 24.6 Å². The third-order valence-corrected chi connectivity index (χ3v) is 14.0. The number of fused-ring (bicyclic) bond motifs is 2. The van der Waals surface area contributed by atoms with Gasteiger partial charge in [-0.3, -0.25) is 39.0 Å². The van der Waals surface area contributed by atoms with Crippen molar-refractivity contribution >= 4 is 75.7 Å². The number of carbonyl (C=O) groups is 6. The quantitative estimate of drug-likeness (QED) is 0.0611. The average Bonchev–Trinajstić information content (AvgIpc) is 4.02. The number of thioether (sulfide) groups is 1. The predicted octanol–water partition coefficient (Wildman–Crippen LogP) is 6.74. The topological polar surface area (TPSA) is 183 Å². The largest absolute Gasteiger partial charge is 0.367 e. The normalized spacial score (nSPS) is 18.0. The second-order valence-electron chi connectivity index (χ2n) is 17.5. The molecule has 4 aliphatic rings. The molecule has 0 radical (unpaired) electrons. The lowest BCUT2D eigenvalue weighted by Gasteiger charge is -2.36. The zero-order valence-electron chi connectivity index (χ0n) is 36.9. The molecular formula is C47H58N10O6S. The van der Waals surface area contributed by atoms with Crippen molar-refractivity contribution in [2.24, 2.45) is 0 Å². The molecule has 2 saturated heterocycles. The van der Waals surface area contributed by atoms with Crippen LogP contribution in [-0.4, -0.2) is 122 Å². The Kier molecular flexibility index (Phi) is 14.2. The Labute approximate surface area is 377 Å². The van der Waals surface area contributed by atoms with E-state index in [0.29, 0.717) is 48.1 Å². The number of piperazine rings is 1. The van der Waals surface area contributed by atoms with E-state index in [-0.39, 0.29) is 36.6 Å². The van der Waals surface area contributed by atoms with Gasteiger partial charge in [-0.2, -0.15) is 4.98 Å². The van der Waals surface area contributed by atoms with E-state index in [1.54, 1.807) is 49.1 Å². The minimum Gasteiger partial charge on any atom is -0.367 e. The maximum Gasteiger partial charge on any atom is 0.270 e. The van der Waals surface area contributed by atoms with E-state index in [1.165, 1.54) is 0 Å². The third kappa shape index (κ3) is 9.93. The van der Waals surface area contributed by atoms with Crippen molar-refractivity contribution in [1.29, 1.82) is 0 Å². The summed E-state index contributed by atoms with van der Waals surface area (Å²) in [5.74, 6) is 0.138. The number of hydrogen-bond donors (Lipinski definition) is 2. The first-order valence-corrected chi connectivity index (χ1v) is 23.9. The van der Waals surface area contributed by atoms with Gasteiger partial charge in [-0.1, -0.05) is 57.4 Å². The summed E-state index contributed by atoms with van der Waals surface area (Å²) in [6.45, 7) is 2.87. The molecule has 3 aliphatic heterocycles. The number of unbranched alkanes of at least 4 members (excludes halogenated alkanes) is 7. The van der Waals surface area contributed by atoms with Gasteiger partial charge in [0.05, 0.1) is 23.0 Å². The number of anilines is 3. The Balaban J connectivity index is 0.696. The first kappa shape index (κ1) is 44.8. The molecule has 0 bridgehead atoms. The van der Waals surface area contributed by atoms with Gasteiger partial charge in [0, 0.05) is 75.6 Å². The van der Waals surface area contributed by atoms with Gasteiger partial charge in [0.15, 0.2) is 0 Å². The van der Waals surface area contributed by atoms with Gasteiger partial charge in [0.25, 0.3) is 17.7 Å². The SMILES string of the molecule is CN(C)C(=O)c1cc2cnc(Nc3ccc(N4CCN(C(=O)CCCCCCCCCCSc5cccc6c5C(=O)N(C5CCC(=O)NC5=O)C6=O)CC4)cn3)nc2n1C1CCCC1. The summed E-state index contributed by atoms with van der Waals surface area (Å²) in [4.78, 5) is 98.2. The number of hydrogen-bond acceptors (Lipinski definition) is 12. The maximum absolute atomic E-state index is 13.3. The highest BCUT2D eigenvalue weighted by atomic mass is 32.2. The zero-order valence-corrected chi connectivity index (χ0v) is 37.7. The van der Waals surface area contributed by atoms with Crippen molar-refractivity contribution in [3.05, 3.63) is 65.6 Å². The summed E-state index contributed by atoms with van der Waals surface area (Å²) in [6.07, 6.45) is 17.3.